The highest BCUT2D eigenvalue weighted by molar-refractivity contribution is 6.03. The van der Waals surface area contributed by atoms with Gasteiger partial charge in [0, 0.05) is 26.5 Å². The van der Waals surface area contributed by atoms with Gasteiger partial charge in [0.05, 0.1) is 11.1 Å². The zero-order valence-electron chi connectivity index (χ0n) is 10.2. The van der Waals surface area contributed by atoms with Crippen molar-refractivity contribution in [2.45, 2.75) is 0 Å². The summed E-state index contributed by atoms with van der Waals surface area (Å²) < 4.78 is 0. The Bertz CT molecular complexity index is 549. The summed E-state index contributed by atoms with van der Waals surface area (Å²) in [4.78, 5) is 29.9. The molecule has 2 rings (SSSR count). The number of carbonyl (C=O) groups excluding carboxylic acids is 2. The molecular weight excluding hydrogens is 232 g/mol. The average molecular weight is 246 g/mol. The number of fused-ring (bicyclic) bond motifs is 1. The lowest BCUT2D eigenvalue weighted by atomic mass is 10.1. The summed E-state index contributed by atoms with van der Waals surface area (Å²) in [7, 11) is 3.38. The number of hydrogen-bond acceptors (Lipinski definition) is 4. The van der Waals surface area contributed by atoms with Crippen LogP contribution in [-0.4, -0.2) is 41.3 Å². The molecule has 0 radical (unpaired) electrons. The van der Waals surface area contributed by atoms with E-state index in [-0.39, 0.29) is 0 Å². The Labute approximate surface area is 104 Å². The van der Waals surface area contributed by atoms with E-state index in [4.69, 9.17) is 5.73 Å². The van der Waals surface area contributed by atoms with Crippen molar-refractivity contribution in [2.24, 2.45) is 5.73 Å². The molecule has 0 aliphatic carbocycles. The Morgan fingerprint density at radius 3 is 2.44 bits per heavy atom. The number of nitrogens with two attached hydrogens (primary N) is 1. The molecule has 6 nitrogen and oxygen atoms in total. The minimum absolute atomic E-state index is 0.408. The summed E-state index contributed by atoms with van der Waals surface area (Å²) >= 11 is 0. The molecule has 2 aromatic rings. The first-order chi connectivity index (χ1) is 8.56. The summed E-state index contributed by atoms with van der Waals surface area (Å²) in [5.74, 6) is -0.480. The van der Waals surface area contributed by atoms with Gasteiger partial charge in [0.1, 0.15) is 5.52 Å². The largest absolute Gasteiger partial charge is 0.366 e. The Morgan fingerprint density at radius 1 is 1.28 bits per heavy atom. The van der Waals surface area contributed by atoms with Gasteiger partial charge in [-0.3, -0.25) is 19.6 Å². The maximum atomic E-state index is 11.0. The number of nitrogens with zero attached hydrogens (tertiary/aromatic N) is 3. The van der Waals surface area contributed by atoms with Crippen LogP contribution in [0.2, 0.25) is 0 Å². The molecule has 0 fully saturated rings. The Kier molecular flexibility index (Phi) is 4.74. The highest BCUT2D eigenvalue weighted by atomic mass is 16.1. The Balaban J connectivity index is 0.000000280. The molecule has 0 saturated carbocycles. The van der Waals surface area contributed by atoms with E-state index in [0.29, 0.717) is 16.6 Å². The van der Waals surface area contributed by atoms with E-state index in [1.807, 2.05) is 0 Å². The number of hydrogen-bond donors (Lipinski definition) is 1. The number of benzene rings is 1. The Morgan fingerprint density at radius 2 is 1.89 bits per heavy atom. The van der Waals surface area contributed by atoms with Crippen LogP contribution in [0.4, 0.5) is 0 Å². The van der Waals surface area contributed by atoms with Crippen LogP contribution in [-0.2, 0) is 4.79 Å². The van der Waals surface area contributed by atoms with Crippen LogP contribution < -0.4 is 5.73 Å². The van der Waals surface area contributed by atoms with E-state index in [1.165, 1.54) is 11.1 Å². The molecule has 94 valence electrons. The fourth-order valence-electron chi connectivity index (χ4n) is 1.19. The normalized spacial score (nSPS) is 9.22. The van der Waals surface area contributed by atoms with Gasteiger partial charge in [-0.2, -0.15) is 0 Å². The summed E-state index contributed by atoms with van der Waals surface area (Å²) in [6, 6.07) is 5.16. The minimum Gasteiger partial charge on any atom is -0.366 e. The van der Waals surface area contributed by atoms with Crippen LogP contribution in [0.25, 0.3) is 11.0 Å². The summed E-state index contributed by atoms with van der Waals surface area (Å²) in [6.45, 7) is 0. The first kappa shape index (κ1) is 13.6. The zero-order chi connectivity index (χ0) is 13.5. The van der Waals surface area contributed by atoms with E-state index >= 15 is 0 Å². The van der Waals surface area contributed by atoms with Gasteiger partial charge in [-0.1, -0.05) is 6.07 Å². The van der Waals surface area contributed by atoms with Gasteiger partial charge in [0.15, 0.2) is 0 Å². The van der Waals surface area contributed by atoms with Crippen molar-refractivity contribution in [1.29, 1.82) is 0 Å². The van der Waals surface area contributed by atoms with E-state index in [9.17, 15) is 9.59 Å². The zero-order valence-corrected chi connectivity index (χ0v) is 10.2. The van der Waals surface area contributed by atoms with Crippen LogP contribution in [0.5, 0.6) is 0 Å². The first-order valence-corrected chi connectivity index (χ1v) is 5.17. The van der Waals surface area contributed by atoms with Crippen LogP contribution >= 0.6 is 0 Å². The standard InChI is InChI=1S/C9H7N3O.C3H7NO/c10-9(13)6-2-1-3-7-8(6)12-5-4-11-7;1-4(2)3-5/h1-5H,(H2,10,13);3H,1-2H3. The van der Waals surface area contributed by atoms with Crippen LogP contribution in [0.1, 0.15) is 10.4 Å². The highest BCUT2D eigenvalue weighted by Gasteiger charge is 2.06. The second kappa shape index (κ2) is 6.29. The molecule has 2 amide bonds. The van der Waals surface area contributed by atoms with E-state index in [2.05, 4.69) is 9.97 Å². The van der Waals surface area contributed by atoms with Gasteiger partial charge in [-0.15, -0.1) is 0 Å². The van der Waals surface area contributed by atoms with E-state index in [0.717, 1.165) is 6.41 Å². The van der Waals surface area contributed by atoms with Crippen LogP contribution in [0, 0.1) is 0 Å². The highest BCUT2D eigenvalue weighted by Crippen LogP contribution is 2.12. The number of aromatic nitrogens is 2. The molecule has 0 bridgehead atoms. The molecule has 18 heavy (non-hydrogen) atoms. The molecular formula is C12H14N4O2. The van der Waals surface area contributed by atoms with E-state index in [1.54, 1.807) is 38.5 Å². The molecule has 0 spiro atoms. The lowest BCUT2D eigenvalue weighted by Crippen LogP contribution is -2.11. The van der Waals surface area contributed by atoms with Crippen LogP contribution in [0.3, 0.4) is 0 Å². The maximum Gasteiger partial charge on any atom is 0.250 e. The van der Waals surface area contributed by atoms with Gasteiger partial charge in [0.25, 0.3) is 5.91 Å². The third-order valence-electron chi connectivity index (χ3n) is 1.97. The predicted molar refractivity (Wildman–Crippen MR) is 67.8 cm³/mol. The number of carbonyl (C=O) groups is 2. The SMILES string of the molecule is CN(C)C=O.NC(=O)c1cccc2nccnc12. The van der Waals surface area contributed by atoms with Crippen molar-refractivity contribution in [2.75, 3.05) is 14.1 Å². The molecule has 0 saturated heterocycles. The molecule has 6 heteroatoms. The van der Waals surface area contributed by atoms with Crippen molar-refractivity contribution in [3.8, 4) is 0 Å². The van der Waals surface area contributed by atoms with Crippen molar-refractivity contribution < 1.29 is 9.59 Å². The quantitative estimate of drug-likeness (QED) is 0.778. The molecule has 0 aliphatic heterocycles. The fraction of sp³-hybridized carbons (Fsp3) is 0.167. The second-order valence-corrected chi connectivity index (χ2v) is 3.66. The molecule has 1 aromatic heterocycles. The molecule has 0 unspecified atom stereocenters. The van der Waals surface area contributed by atoms with Gasteiger partial charge in [-0.05, 0) is 12.1 Å². The number of rotatable bonds is 2. The maximum absolute atomic E-state index is 11.0. The van der Waals surface area contributed by atoms with E-state index < -0.39 is 5.91 Å². The first-order valence-electron chi connectivity index (χ1n) is 5.17. The lowest BCUT2D eigenvalue weighted by molar-refractivity contribution is -0.115. The number of primary amides is 1. The van der Waals surface area contributed by atoms with Gasteiger partial charge in [-0.25, -0.2) is 0 Å². The number of amides is 2. The van der Waals surface area contributed by atoms with Crippen molar-refractivity contribution in [3.63, 3.8) is 0 Å². The van der Waals surface area contributed by atoms with Gasteiger partial charge < -0.3 is 10.6 Å². The third-order valence-corrected chi connectivity index (χ3v) is 1.97. The molecule has 1 heterocycles. The smallest absolute Gasteiger partial charge is 0.250 e. The second-order valence-electron chi connectivity index (χ2n) is 3.66. The van der Waals surface area contributed by atoms with Crippen molar-refractivity contribution in [3.05, 3.63) is 36.2 Å². The predicted octanol–water partition coefficient (Wildman–Crippen LogP) is 0.433. The molecule has 0 atom stereocenters. The lowest BCUT2D eigenvalue weighted by Gasteiger charge is -1.99. The number of para-hydroxylation sites is 1. The summed E-state index contributed by atoms with van der Waals surface area (Å²) in [5, 5.41) is 0. The summed E-state index contributed by atoms with van der Waals surface area (Å²) in [6.07, 6.45) is 3.86. The topological polar surface area (TPSA) is 89.2 Å². The van der Waals surface area contributed by atoms with Crippen molar-refractivity contribution >= 4 is 23.4 Å². The average Bonchev–Trinajstić information content (AvgIpc) is 2.38. The fourth-order valence-corrected chi connectivity index (χ4v) is 1.19. The molecule has 1 aromatic carbocycles. The van der Waals surface area contributed by atoms with Crippen LogP contribution in [0.15, 0.2) is 30.6 Å². The molecule has 2 N–H and O–H groups in total. The monoisotopic (exact) mass is 246 g/mol. The molecule has 0 aliphatic rings. The van der Waals surface area contributed by atoms with Gasteiger partial charge >= 0.3 is 0 Å². The third kappa shape index (κ3) is 3.51. The summed E-state index contributed by atoms with van der Waals surface area (Å²) in [5.41, 5.74) is 6.81. The minimum atomic E-state index is -0.480. The Hall–Kier alpha value is -2.50. The van der Waals surface area contributed by atoms with Crippen molar-refractivity contribution in [1.82, 2.24) is 14.9 Å². The van der Waals surface area contributed by atoms with Gasteiger partial charge in [0.2, 0.25) is 6.41 Å².